The van der Waals surface area contributed by atoms with Gasteiger partial charge in [-0.1, -0.05) is 58.1 Å². The summed E-state index contributed by atoms with van der Waals surface area (Å²) in [6.07, 6.45) is 9.58. The van der Waals surface area contributed by atoms with Crippen molar-refractivity contribution in [1.82, 2.24) is 10.6 Å². The number of nitrogens with one attached hydrogen (secondary N) is 4. The molecule has 0 aliphatic rings. The quantitative estimate of drug-likeness (QED) is 0.141. The van der Waals surface area contributed by atoms with Crippen molar-refractivity contribution >= 4 is 23.8 Å². The molecule has 0 aliphatic carbocycles. The minimum absolute atomic E-state index is 0.0329. The molecule has 1 aromatic carbocycles. The summed E-state index contributed by atoms with van der Waals surface area (Å²) < 4.78 is 0. The van der Waals surface area contributed by atoms with Crippen molar-refractivity contribution in [3.63, 3.8) is 0 Å². The van der Waals surface area contributed by atoms with Crippen LogP contribution in [0.15, 0.2) is 24.3 Å². The number of unbranched alkanes of at least 4 members (excludes halogenated alkanes) is 4. The third-order valence-corrected chi connectivity index (χ3v) is 5.24. The molecule has 0 unspecified atom stereocenters. The van der Waals surface area contributed by atoms with Crippen LogP contribution < -0.4 is 16.0 Å². The van der Waals surface area contributed by atoms with Gasteiger partial charge >= 0.3 is 0 Å². The Bertz CT molecular complexity index is 652. The van der Waals surface area contributed by atoms with Crippen molar-refractivity contribution < 1.29 is 9.59 Å². The first-order chi connectivity index (χ1) is 14.4. The fourth-order valence-electron chi connectivity index (χ4n) is 3.42. The summed E-state index contributed by atoms with van der Waals surface area (Å²) in [7, 11) is 0. The molecule has 6 heteroatoms. The second kappa shape index (κ2) is 14.6. The van der Waals surface area contributed by atoms with E-state index in [9.17, 15) is 9.59 Å². The van der Waals surface area contributed by atoms with Gasteiger partial charge in [0.2, 0.25) is 5.91 Å². The molecule has 1 rings (SSSR count). The summed E-state index contributed by atoms with van der Waals surface area (Å²) in [5.74, 6) is 0.247. The zero-order chi connectivity index (χ0) is 22.2. The van der Waals surface area contributed by atoms with Gasteiger partial charge in [-0.25, -0.2) is 0 Å². The first kappa shape index (κ1) is 25.7. The Kier molecular flexibility index (Phi) is 12.5. The maximum atomic E-state index is 12.0. The number of hydrogen-bond donors (Lipinski definition) is 4. The Balaban J connectivity index is 2.26. The largest absolute Gasteiger partial charge is 0.357 e. The lowest BCUT2D eigenvalue weighted by molar-refractivity contribution is -0.116. The van der Waals surface area contributed by atoms with Crippen molar-refractivity contribution in [2.75, 3.05) is 11.9 Å². The third-order valence-electron chi connectivity index (χ3n) is 5.24. The number of hydrogen-bond acceptors (Lipinski definition) is 3. The Morgan fingerprint density at radius 3 is 2.37 bits per heavy atom. The summed E-state index contributed by atoms with van der Waals surface area (Å²) in [6.45, 7) is 6.88. The number of amides is 1. The number of benzene rings is 1. The number of carbonyl (C=O) groups is 2. The number of aldehydes is 1. The van der Waals surface area contributed by atoms with E-state index in [0.717, 1.165) is 75.3 Å². The van der Waals surface area contributed by atoms with Gasteiger partial charge in [-0.15, -0.1) is 0 Å². The van der Waals surface area contributed by atoms with E-state index in [-0.39, 0.29) is 11.9 Å². The van der Waals surface area contributed by atoms with Gasteiger partial charge in [0, 0.05) is 18.7 Å². The maximum absolute atomic E-state index is 12.0. The molecule has 0 bridgehead atoms. The van der Waals surface area contributed by atoms with Gasteiger partial charge in [-0.2, -0.15) is 0 Å². The van der Waals surface area contributed by atoms with Gasteiger partial charge in [0.25, 0.3) is 0 Å². The zero-order valence-electron chi connectivity index (χ0n) is 19.0. The Morgan fingerprint density at radius 1 is 1.07 bits per heavy atom. The monoisotopic (exact) mass is 416 g/mol. The number of guanidine groups is 1. The fraction of sp³-hybridized carbons (Fsp3) is 0.625. The molecule has 1 amide bonds. The Morgan fingerprint density at radius 2 is 1.77 bits per heavy atom. The zero-order valence-corrected chi connectivity index (χ0v) is 19.0. The summed E-state index contributed by atoms with van der Waals surface area (Å²) in [5.41, 5.74) is 1.33. The van der Waals surface area contributed by atoms with Crippen LogP contribution in [0.1, 0.15) is 83.6 Å². The van der Waals surface area contributed by atoms with Gasteiger partial charge in [-0.3, -0.25) is 10.2 Å². The van der Waals surface area contributed by atoms with E-state index >= 15 is 0 Å². The lowest BCUT2D eigenvalue weighted by atomic mass is 9.88. The minimum atomic E-state index is -0.635. The second-order valence-electron chi connectivity index (χ2n) is 8.14. The van der Waals surface area contributed by atoms with Crippen LogP contribution in [0.25, 0.3) is 0 Å². The molecule has 168 valence electrons. The van der Waals surface area contributed by atoms with Crippen LogP contribution in [0.3, 0.4) is 0 Å². The minimum Gasteiger partial charge on any atom is -0.357 e. The number of aryl methyl sites for hydroxylation is 1. The molecule has 6 nitrogen and oxygen atoms in total. The molecule has 0 saturated carbocycles. The van der Waals surface area contributed by atoms with Crippen LogP contribution in [0.5, 0.6) is 0 Å². The highest BCUT2D eigenvalue weighted by Gasteiger charge is 2.29. The van der Waals surface area contributed by atoms with Crippen LogP contribution in [-0.4, -0.2) is 30.2 Å². The normalized spacial score (nSPS) is 11.0. The van der Waals surface area contributed by atoms with Gasteiger partial charge in [0.15, 0.2) is 5.96 Å². The van der Waals surface area contributed by atoms with Crippen molar-refractivity contribution in [2.45, 2.75) is 90.5 Å². The number of rotatable bonds is 15. The molecule has 0 radical (unpaired) electrons. The lowest BCUT2D eigenvalue weighted by Crippen LogP contribution is -2.53. The van der Waals surface area contributed by atoms with E-state index in [4.69, 9.17) is 5.41 Å². The topological polar surface area (TPSA) is 94.1 Å². The van der Waals surface area contributed by atoms with Crippen LogP contribution in [0.2, 0.25) is 0 Å². The average Bonchev–Trinajstić information content (AvgIpc) is 2.72. The summed E-state index contributed by atoms with van der Waals surface area (Å²) in [5, 5.41) is 17.3. The number of anilines is 1. The van der Waals surface area contributed by atoms with Crippen LogP contribution in [0, 0.1) is 12.3 Å². The van der Waals surface area contributed by atoms with E-state index in [2.05, 4.69) is 29.8 Å². The lowest BCUT2D eigenvalue weighted by Gasteiger charge is -2.30. The van der Waals surface area contributed by atoms with E-state index in [0.29, 0.717) is 13.0 Å². The highest BCUT2D eigenvalue weighted by atomic mass is 16.1. The first-order valence-electron chi connectivity index (χ1n) is 11.4. The summed E-state index contributed by atoms with van der Waals surface area (Å²) >= 11 is 0. The second-order valence-corrected chi connectivity index (χ2v) is 8.14. The standard InChI is InChI=1S/C24H40N4O2/c1-4-6-15-24(19-29,16-7-5-2)28-23(25)26-17-10-8-9-14-22(30)27-21-13-11-12-20(3)18-21/h11-13,18-19H,4-10,14-17H2,1-3H3,(H,27,30)(H3,25,26,28). The van der Waals surface area contributed by atoms with Gasteiger partial charge in [0.05, 0.1) is 5.54 Å². The molecule has 0 saturated heterocycles. The van der Waals surface area contributed by atoms with E-state index in [1.165, 1.54) is 0 Å². The van der Waals surface area contributed by atoms with Crippen molar-refractivity contribution in [2.24, 2.45) is 0 Å². The van der Waals surface area contributed by atoms with Crippen LogP contribution in [-0.2, 0) is 9.59 Å². The fourth-order valence-corrected chi connectivity index (χ4v) is 3.42. The maximum Gasteiger partial charge on any atom is 0.224 e. The van der Waals surface area contributed by atoms with Crippen LogP contribution in [0.4, 0.5) is 5.69 Å². The smallest absolute Gasteiger partial charge is 0.224 e. The van der Waals surface area contributed by atoms with E-state index in [1.54, 1.807) is 0 Å². The molecule has 0 aliphatic heterocycles. The van der Waals surface area contributed by atoms with Crippen LogP contribution >= 0.6 is 0 Å². The molecule has 1 aromatic rings. The highest BCUT2D eigenvalue weighted by molar-refractivity contribution is 5.90. The van der Waals surface area contributed by atoms with Crippen molar-refractivity contribution in [1.29, 1.82) is 5.41 Å². The first-order valence-corrected chi connectivity index (χ1v) is 11.4. The Labute approximate surface area is 182 Å². The summed E-state index contributed by atoms with van der Waals surface area (Å²) in [4.78, 5) is 23.8. The molecular formula is C24H40N4O2. The number of carbonyl (C=O) groups excluding carboxylic acids is 2. The Hall–Kier alpha value is -2.37. The molecule has 0 fully saturated rings. The predicted octanol–water partition coefficient (Wildman–Crippen LogP) is 4.93. The van der Waals surface area contributed by atoms with Crippen molar-refractivity contribution in [3.05, 3.63) is 29.8 Å². The highest BCUT2D eigenvalue weighted by Crippen LogP contribution is 2.19. The molecule has 0 aromatic heterocycles. The molecule has 0 atom stereocenters. The summed E-state index contributed by atoms with van der Waals surface area (Å²) in [6, 6.07) is 7.79. The SMILES string of the molecule is CCCCC(C=O)(CCCC)NC(=N)NCCCCCC(=O)Nc1cccc(C)c1. The van der Waals surface area contributed by atoms with E-state index < -0.39 is 5.54 Å². The van der Waals surface area contributed by atoms with Gasteiger partial charge < -0.3 is 20.7 Å². The third kappa shape index (κ3) is 10.4. The average molecular weight is 417 g/mol. The molecule has 4 N–H and O–H groups in total. The molecule has 30 heavy (non-hydrogen) atoms. The van der Waals surface area contributed by atoms with Gasteiger partial charge in [0.1, 0.15) is 6.29 Å². The predicted molar refractivity (Wildman–Crippen MR) is 125 cm³/mol. The molecule has 0 heterocycles. The van der Waals surface area contributed by atoms with Crippen molar-refractivity contribution in [3.8, 4) is 0 Å². The van der Waals surface area contributed by atoms with E-state index in [1.807, 2.05) is 31.2 Å². The van der Waals surface area contributed by atoms with Gasteiger partial charge in [-0.05, 0) is 50.3 Å². The molecular weight excluding hydrogens is 376 g/mol. The molecule has 0 spiro atoms.